The molecule has 376 valence electrons. The molecule has 4 fully saturated rings. The number of ether oxygens (including phenoxy) is 12. The van der Waals surface area contributed by atoms with Crippen LogP contribution in [0.4, 0.5) is 0 Å². The third kappa shape index (κ3) is 14.0. The average molecular weight is 962 g/mol. The summed E-state index contributed by atoms with van der Waals surface area (Å²) in [5.74, 6) is -3.39. The highest BCUT2D eigenvalue weighted by atomic mass is 28.3. The SMILES string of the molecule is COC(=O)[C@@H](C)O[C@@H]1[C@@H](O)[C@H](C)O[C@@H](O[C@H]2[C@H](O)[C@@H](CO)O[C@H](O[C@H]3[C@H](O)[C@H](OC(C)=O)[C@@H](O[C@H]4[C@H](O)[C@@H](CO)O[C@@H](OCC[Si](C)(C)C)[C@@H]4NC(C)=O)O[C@@H]3CO)[C@H]2OC(C)=O)[C@@H]1O. The minimum atomic E-state index is -2.02. The number of carbonyl (C=O) groups excluding carboxylic acids is 4. The van der Waals surface area contributed by atoms with Crippen molar-refractivity contribution in [1.82, 2.24) is 5.32 Å². The number of aliphatic hydroxyl groups excluding tert-OH is 8. The van der Waals surface area contributed by atoms with E-state index in [2.05, 4.69) is 29.7 Å². The number of methoxy groups -OCH3 is 1. The zero-order chi connectivity index (χ0) is 48.7. The van der Waals surface area contributed by atoms with Crippen LogP contribution in [0.2, 0.25) is 25.7 Å². The Balaban J connectivity index is 1.66. The lowest BCUT2D eigenvalue weighted by Crippen LogP contribution is -2.69. The first kappa shape index (κ1) is 55.0. The fraction of sp³-hybridized carbons (Fsp3) is 0.897. The Morgan fingerprint density at radius 1 is 0.615 bits per heavy atom. The summed E-state index contributed by atoms with van der Waals surface area (Å²) in [6, 6.07) is -0.605. The van der Waals surface area contributed by atoms with E-state index in [1.165, 1.54) is 20.8 Å². The van der Waals surface area contributed by atoms with Crippen molar-refractivity contribution in [2.24, 2.45) is 0 Å². The minimum absolute atomic E-state index is 0.178. The van der Waals surface area contributed by atoms with Crippen molar-refractivity contribution in [3.63, 3.8) is 0 Å². The second-order valence-electron chi connectivity index (χ2n) is 17.5. The van der Waals surface area contributed by atoms with Crippen LogP contribution in [0.1, 0.15) is 34.6 Å². The van der Waals surface area contributed by atoms with Gasteiger partial charge in [0.05, 0.1) is 33.0 Å². The van der Waals surface area contributed by atoms with Crippen molar-refractivity contribution in [3.8, 4) is 0 Å². The van der Waals surface area contributed by atoms with Crippen molar-refractivity contribution in [1.29, 1.82) is 0 Å². The van der Waals surface area contributed by atoms with E-state index in [1.54, 1.807) is 0 Å². The normalized spacial score (nSPS) is 40.6. The van der Waals surface area contributed by atoms with E-state index in [4.69, 9.17) is 52.1 Å². The molecule has 0 spiro atoms. The molecule has 4 aliphatic heterocycles. The Morgan fingerprint density at radius 3 is 1.66 bits per heavy atom. The molecule has 0 aromatic carbocycles. The van der Waals surface area contributed by atoms with Crippen LogP contribution < -0.4 is 5.32 Å². The van der Waals surface area contributed by atoms with Crippen molar-refractivity contribution in [2.45, 2.75) is 189 Å². The van der Waals surface area contributed by atoms with E-state index in [1.807, 2.05) is 0 Å². The molecule has 0 aromatic rings. The van der Waals surface area contributed by atoms with Gasteiger partial charge in [-0.25, -0.2) is 4.79 Å². The van der Waals surface area contributed by atoms with Crippen molar-refractivity contribution in [2.75, 3.05) is 33.5 Å². The van der Waals surface area contributed by atoms with Crippen molar-refractivity contribution < 1.29 is 117 Å². The number of hydrogen-bond donors (Lipinski definition) is 9. The van der Waals surface area contributed by atoms with Gasteiger partial charge in [0, 0.05) is 35.5 Å². The van der Waals surface area contributed by atoms with Crippen LogP contribution >= 0.6 is 0 Å². The van der Waals surface area contributed by atoms with Gasteiger partial charge in [0.25, 0.3) is 0 Å². The monoisotopic (exact) mass is 961 g/mol. The molecule has 0 aliphatic carbocycles. The molecule has 4 rings (SSSR count). The number of hydrogen-bond acceptors (Lipinski definition) is 24. The Hall–Kier alpha value is -2.58. The van der Waals surface area contributed by atoms with Crippen molar-refractivity contribution in [3.05, 3.63) is 0 Å². The summed E-state index contributed by atoms with van der Waals surface area (Å²) in [6.07, 6.45) is -33.1. The molecule has 21 atom stereocenters. The number of aliphatic hydroxyl groups is 8. The van der Waals surface area contributed by atoms with Gasteiger partial charge in [-0.1, -0.05) is 19.6 Å². The van der Waals surface area contributed by atoms with Crippen LogP contribution in [-0.4, -0.2) is 235 Å². The molecule has 65 heavy (non-hydrogen) atoms. The number of rotatable bonds is 19. The van der Waals surface area contributed by atoms with Crippen molar-refractivity contribution >= 4 is 31.9 Å². The van der Waals surface area contributed by atoms with E-state index in [0.29, 0.717) is 6.04 Å². The quantitative estimate of drug-likeness (QED) is 0.0335. The maximum atomic E-state index is 12.6. The first-order valence-electron chi connectivity index (χ1n) is 21.2. The maximum Gasteiger partial charge on any atom is 0.334 e. The minimum Gasteiger partial charge on any atom is -0.467 e. The molecule has 4 saturated heterocycles. The lowest BCUT2D eigenvalue weighted by Gasteiger charge is -2.50. The van der Waals surface area contributed by atoms with Crippen LogP contribution in [0.25, 0.3) is 0 Å². The largest absolute Gasteiger partial charge is 0.467 e. The molecule has 4 aliphatic rings. The number of amides is 1. The third-order valence-corrected chi connectivity index (χ3v) is 12.8. The van der Waals surface area contributed by atoms with E-state index < -0.39 is 181 Å². The Labute approximate surface area is 376 Å². The Morgan fingerprint density at radius 2 is 1.12 bits per heavy atom. The van der Waals surface area contributed by atoms with Crippen LogP contribution in [-0.2, 0) is 76.0 Å². The van der Waals surface area contributed by atoms with Gasteiger partial charge in [-0.05, 0) is 19.9 Å². The first-order chi connectivity index (χ1) is 30.5. The lowest BCUT2D eigenvalue weighted by atomic mass is 9.94. The van der Waals surface area contributed by atoms with Crippen LogP contribution in [0.5, 0.6) is 0 Å². The summed E-state index contributed by atoms with van der Waals surface area (Å²) in [5.41, 5.74) is 0. The summed E-state index contributed by atoms with van der Waals surface area (Å²) in [7, 11) is -0.542. The highest BCUT2D eigenvalue weighted by Gasteiger charge is 2.58. The summed E-state index contributed by atoms with van der Waals surface area (Å²) in [4.78, 5) is 49.7. The molecule has 25 nitrogen and oxygen atoms in total. The molecule has 0 bridgehead atoms. The molecular formula is C39H67NO24Si. The molecule has 1 amide bonds. The third-order valence-electron chi connectivity index (χ3n) is 11.1. The Kier molecular flexibility index (Phi) is 20.4. The summed E-state index contributed by atoms with van der Waals surface area (Å²) >= 11 is 0. The topological polar surface area (TPSA) is 353 Å². The molecule has 9 N–H and O–H groups in total. The van der Waals surface area contributed by atoms with Gasteiger partial charge in [0.15, 0.2) is 43.5 Å². The molecule has 0 unspecified atom stereocenters. The van der Waals surface area contributed by atoms with Gasteiger partial charge < -0.3 is 103 Å². The average Bonchev–Trinajstić information content (AvgIpc) is 3.23. The second kappa shape index (κ2) is 24.1. The fourth-order valence-corrected chi connectivity index (χ4v) is 8.42. The lowest BCUT2D eigenvalue weighted by molar-refractivity contribution is -0.386. The second-order valence-corrected chi connectivity index (χ2v) is 23.1. The molecule has 26 heteroatoms. The van der Waals surface area contributed by atoms with E-state index >= 15 is 0 Å². The maximum absolute atomic E-state index is 12.6. The van der Waals surface area contributed by atoms with Gasteiger partial charge in [-0.2, -0.15) is 0 Å². The van der Waals surface area contributed by atoms with Crippen LogP contribution in [0.15, 0.2) is 0 Å². The smallest absolute Gasteiger partial charge is 0.334 e. The van der Waals surface area contributed by atoms with Gasteiger partial charge >= 0.3 is 17.9 Å². The van der Waals surface area contributed by atoms with E-state index in [9.17, 15) is 60.0 Å². The highest BCUT2D eigenvalue weighted by Crippen LogP contribution is 2.37. The summed E-state index contributed by atoms with van der Waals surface area (Å²) in [6.45, 7) is 9.77. The predicted octanol–water partition coefficient (Wildman–Crippen LogP) is -4.49. The predicted molar refractivity (Wildman–Crippen MR) is 215 cm³/mol. The molecule has 0 saturated carbocycles. The molecule has 0 radical (unpaired) electrons. The van der Waals surface area contributed by atoms with Gasteiger partial charge in [-0.3, -0.25) is 14.4 Å². The van der Waals surface area contributed by atoms with E-state index in [-0.39, 0.29) is 6.61 Å². The zero-order valence-electron chi connectivity index (χ0n) is 37.8. The standard InChI is InChI=1S/C39H67NO24Si/c1-15-24(47)31(55-16(2)35(52)53-6)28(51)37(56-15)64-32-26(49)21(13-42)60-39(34(32)58-19(5)46)62-29-22(14-43)61-38(33(27(29)50)57-18(4)45)63-30-23(40-17(3)44)36(54-10-11-65(7,8)9)59-20(12-41)25(30)48/h15-16,20-34,36-39,41-43,47-51H,10-14H2,1-9H3,(H,40,44)/t15-,16+,20+,21+,22+,23+,24-,25+,26+,27-,28+,29+,30+,31+,32-,33-,34-,36+,37-,38+,39+/m0/s1. The fourth-order valence-electron chi connectivity index (χ4n) is 7.69. The van der Waals surface area contributed by atoms with Gasteiger partial charge in [0.1, 0.15) is 79.3 Å². The molecular weight excluding hydrogens is 894 g/mol. The van der Waals surface area contributed by atoms with E-state index in [0.717, 1.165) is 21.0 Å². The first-order valence-corrected chi connectivity index (χ1v) is 24.9. The van der Waals surface area contributed by atoms with Crippen LogP contribution in [0.3, 0.4) is 0 Å². The highest BCUT2D eigenvalue weighted by molar-refractivity contribution is 6.76. The van der Waals surface area contributed by atoms with Gasteiger partial charge in [0.2, 0.25) is 5.91 Å². The summed E-state index contributed by atoms with van der Waals surface area (Å²) < 4.78 is 68.9. The number of nitrogens with one attached hydrogen (secondary N) is 1. The zero-order valence-corrected chi connectivity index (χ0v) is 38.8. The van der Waals surface area contributed by atoms with Crippen LogP contribution in [0, 0.1) is 0 Å². The summed E-state index contributed by atoms with van der Waals surface area (Å²) in [5, 5.41) is 90.6. The Bertz CT molecular complexity index is 1560. The number of carbonyl (C=O) groups is 4. The number of esters is 3. The molecule has 4 heterocycles. The van der Waals surface area contributed by atoms with Gasteiger partial charge in [-0.15, -0.1) is 0 Å². The molecule has 0 aromatic heterocycles.